The summed E-state index contributed by atoms with van der Waals surface area (Å²) in [5.41, 5.74) is 2.06. The van der Waals surface area contributed by atoms with Crippen LogP contribution < -0.4 is 0 Å². The van der Waals surface area contributed by atoms with Crippen LogP contribution in [-0.4, -0.2) is 15.3 Å². The van der Waals surface area contributed by atoms with Crippen molar-refractivity contribution in [1.82, 2.24) is 4.57 Å². The topological polar surface area (TPSA) is 25.2 Å². The number of nitrogens with zero attached hydrogens (tertiary/aromatic N) is 1. The summed E-state index contributed by atoms with van der Waals surface area (Å²) < 4.78 is 2.24. The molecule has 0 unspecified atom stereocenters. The molecule has 0 radical (unpaired) electrons. The summed E-state index contributed by atoms with van der Waals surface area (Å²) >= 11 is 0. The molecular weight excluding hydrogens is 186 g/mol. The first-order valence-corrected chi connectivity index (χ1v) is 5.96. The summed E-state index contributed by atoms with van der Waals surface area (Å²) in [7, 11) is 0. The van der Waals surface area contributed by atoms with E-state index in [1.165, 1.54) is 30.7 Å². The van der Waals surface area contributed by atoms with E-state index < -0.39 is 5.60 Å². The van der Waals surface area contributed by atoms with Crippen molar-refractivity contribution in [3.63, 3.8) is 0 Å². The summed E-state index contributed by atoms with van der Waals surface area (Å²) in [6.07, 6.45) is 5.56. The van der Waals surface area contributed by atoms with E-state index in [-0.39, 0.29) is 0 Å². The minimum absolute atomic E-state index is 0.452. The Morgan fingerprint density at radius 2 is 1.67 bits per heavy atom. The molecule has 2 rings (SSSR count). The largest absolute Gasteiger partial charge is 0.388 e. The van der Waals surface area contributed by atoms with Crippen molar-refractivity contribution in [2.24, 2.45) is 0 Å². The molecule has 0 atom stereocenters. The second kappa shape index (κ2) is 4.01. The third-order valence-corrected chi connectivity index (χ3v) is 3.65. The number of aryl methyl sites for hydroxylation is 2. The molecule has 0 aromatic carbocycles. The van der Waals surface area contributed by atoms with Crippen molar-refractivity contribution >= 4 is 0 Å². The van der Waals surface area contributed by atoms with E-state index in [1.807, 2.05) is 0 Å². The van der Waals surface area contributed by atoms with Crippen molar-refractivity contribution in [3.05, 3.63) is 23.5 Å². The molecule has 1 aliphatic carbocycles. The molecule has 0 amide bonds. The van der Waals surface area contributed by atoms with Crippen molar-refractivity contribution in [1.29, 1.82) is 0 Å². The van der Waals surface area contributed by atoms with Gasteiger partial charge in [-0.15, -0.1) is 0 Å². The van der Waals surface area contributed by atoms with Gasteiger partial charge in [-0.05, 0) is 38.8 Å². The van der Waals surface area contributed by atoms with Gasteiger partial charge in [-0.3, -0.25) is 0 Å². The lowest BCUT2D eigenvalue weighted by atomic mass is 9.85. The Labute approximate surface area is 91.9 Å². The molecule has 2 nitrogen and oxygen atoms in total. The summed E-state index contributed by atoms with van der Waals surface area (Å²) in [5, 5.41) is 10.5. The molecular formula is C13H21NO. The maximum absolute atomic E-state index is 10.5. The lowest BCUT2D eigenvalue weighted by Gasteiger charge is -2.33. The van der Waals surface area contributed by atoms with E-state index >= 15 is 0 Å². The molecule has 0 bridgehead atoms. The quantitative estimate of drug-likeness (QED) is 0.792. The number of aliphatic hydroxyl groups is 1. The highest BCUT2D eigenvalue weighted by atomic mass is 16.3. The Morgan fingerprint density at radius 3 is 2.20 bits per heavy atom. The summed E-state index contributed by atoms with van der Waals surface area (Å²) in [5.74, 6) is 0. The van der Waals surface area contributed by atoms with Crippen LogP contribution in [0.2, 0.25) is 0 Å². The van der Waals surface area contributed by atoms with Gasteiger partial charge in [0.25, 0.3) is 0 Å². The van der Waals surface area contributed by atoms with Gasteiger partial charge in [0.15, 0.2) is 0 Å². The van der Waals surface area contributed by atoms with Crippen molar-refractivity contribution in [2.75, 3.05) is 0 Å². The maximum Gasteiger partial charge on any atom is 0.0825 e. The molecule has 0 aliphatic heterocycles. The Bertz CT molecular complexity index is 315. The SMILES string of the molecule is Cc1ccc(C)n1CC1(O)CCCCC1. The molecule has 1 aliphatic rings. The van der Waals surface area contributed by atoms with E-state index in [9.17, 15) is 5.11 Å². The highest BCUT2D eigenvalue weighted by Crippen LogP contribution is 2.30. The molecule has 1 aromatic rings. The van der Waals surface area contributed by atoms with Crippen LogP contribution in [0, 0.1) is 13.8 Å². The number of hydrogen-bond acceptors (Lipinski definition) is 1. The first kappa shape index (κ1) is 10.7. The van der Waals surface area contributed by atoms with Gasteiger partial charge in [-0.1, -0.05) is 19.3 Å². The van der Waals surface area contributed by atoms with Crippen LogP contribution >= 0.6 is 0 Å². The van der Waals surface area contributed by atoms with Crippen LogP contribution in [-0.2, 0) is 6.54 Å². The monoisotopic (exact) mass is 207 g/mol. The molecule has 1 aromatic heterocycles. The van der Waals surface area contributed by atoms with E-state index in [0.717, 1.165) is 19.4 Å². The van der Waals surface area contributed by atoms with Gasteiger partial charge in [-0.2, -0.15) is 0 Å². The minimum atomic E-state index is -0.452. The lowest BCUT2D eigenvalue weighted by molar-refractivity contribution is -0.0122. The molecule has 0 saturated heterocycles. The molecule has 1 fully saturated rings. The fourth-order valence-corrected chi connectivity index (χ4v) is 2.61. The fraction of sp³-hybridized carbons (Fsp3) is 0.692. The number of hydrogen-bond donors (Lipinski definition) is 1. The zero-order chi connectivity index (χ0) is 10.9. The third kappa shape index (κ3) is 2.25. The highest BCUT2D eigenvalue weighted by molar-refractivity contribution is 5.14. The maximum atomic E-state index is 10.5. The molecule has 1 N–H and O–H groups in total. The van der Waals surface area contributed by atoms with E-state index in [2.05, 4.69) is 30.5 Å². The van der Waals surface area contributed by atoms with Gasteiger partial charge in [-0.25, -0.2) is 0 Å². The smallest absolute Gasteiger partial charge is 0.0825 e. The standard InChI is InChI=1S/C13H21NO/c1-11-6-7-12(2)14(11)10-13(15)8-4-3-5-9-13/h6-7,15H,3-5,8-10H2,1-2H3. The Kier molecular flexibility index (Phi) is 2.87. The molecule has 1 saturated carbocycles. The molecule has 84 valence electrons. The van der Waals surface area contributed by atoms with E-state index in [0.29, 0.717) is 0 Å². The Morgan fingerprint density at radius 1 is 1.13 bits per heavy atom. The molecule has 2 heteroatoms. The van der Waals surface area contributed by atoms with Gasteiger partial charge in [0.05, 0.1) is 12.1 Å². The number of aromatic nitrogens is 1. The normalized spacial score (nSPS) is 20.5. The average molecular weight is 207 g/mol. The first-order chi connectivity index (χ1) is 7.11. The predicted octanol–water partition coefficient (Wildman–Crippen LogP) is 2.80. The van der Waals surface area contributed by atoms with Gasteiger partial charge in [0, 0.05) is 11.4 Å². The zero-order valence-electron chi connectivity index (χ0n) is 9.79. The zero-order valence-corrected chi connectivity index (χ0v) is 9.79. The minimum Gasteiger partial charge on any atom is -0.388 e. The van der Waals surface area contributed by atoms with Crippen molar-refractivity contribution in [3.8, 4) is 0 Å². The Balaban J connectivity index is 2.13. The van der Waals surface area contributed by atoms with E-state index in [4.69, 9.17) is 0 Å². The third-order valence-electron chi connectivity index (χ3n) is 3.65. The molecule has 0 spiro atoms. The van der Waals surface area contributed by atoms with Crippen LogP contribution in [0.3, 0.4) is 0 Å². The van der Waals surface area contributed by atoms with Gasteiger partial charge in [0.2, 0.25) is 0 Å². The van der Waals surface area contributed by atoms with Gasteiger partial charge < -0.3 is 9.67 Å². The molecule has 15 heavy (non-hydrogen) atoms. The lowest BCUT2D eigenvalue weighted by Crippen LogP contribution is -2.36. The van der Waals surface area contributed by atoms with Crippen LogP contribution in [0.15, 0.2) is 12.1 Å². The second-order valence-electron chi connectivity index (χ2n) is 4.99. The van der Waals surface area contributed by atoms with Crippen LogP contribution in [0.5, 0.6) is 0 Å². The number of rotatable bonds is 2. The van der Waals surface area contributed by atoms with Crippen molar-refractivity contribution in [2.45, 2.75) is 58.1 Å². The molecule has 1 heterocycles. The summed E-state index contributed by atoms with van der Waals surface area (Å²) in [6.45, 7) is 5.00. The highest BCUT2D eigenvalue weighted by Gasteiger charge is 2.29. The first-order valence-electron chi connectivity index (χ1n) is 5.96. The van der Waals surface area contributed by atoms with Crippen LogP contribution in [0.4, 0.5) is 0 Å². The van der Waals surface area contributed by atoms with Gasteiger partial charge >= 0.3 is 0 Å². The summed E-state index contributed by atoms with van der Waals surface area (Å²) in [6, 6.07) is 4.25. The van der Waals surface area contributed by atoms with Gasteiger partial charge in [0.1, 0.15) is 0 Å². The second-order valence-corrected chi connectivity index (χ2v) is 4.99. The van der Waals surface area contributed by atoms with Crippen LogP contribution in [0.25, 0.3) is 0 Å². The Hall–Kier alpha value is -0.760. The van der Waals surface area contributed by atoms with Crippen LogP contribution in [0.1, 0.15) is 43.5 Å². The summed E-state index contributed by atoms with van der Waals surface area (Å²) in [4.78, 5) is 0. The van der Waals surface area contributed by atoms with E-state index in [1.54, 1.807) is 0 Å². The predicted molar refractivity (Wildman–Crippen MR) is 61.9 cm³/mol. The average Bonchev–Trinajstić information content (AvgIpc) is 2.50. The van der Waals surface area contributed by atoms with Crippen molar-refractivity contribution < 1.29 is 5.11 Å². The fourth-order valence-electron chi connectivity index (χ4n) is 2.61.